The molecule has 32 heavy (non-hydrogen) atoms. The van der Waals surface area contributed by atoms with E-state index < -0.39 is 11.6 Å². The lowest BCUT2D eigenvalue weighted by Gasteiger charge is -2.27. The van der Waals surface area contributed by atoms with Gasteiger partial charge < -0.3 is 19.3 Å². The quantitative estimate of drug-likeness (QED) is 0.622. The van der Waals surface area contributed by atoms with Crippen LogP contribution >= 0.6 is 0 Å². The van der Waals surface area contributed by atoms with Crippen molar-refractivity contribution in [3.05, 3.63) is 64.7 Å². The molecule has 0 bridgehead atoms. The van der Waals surface area contributed by atoms with Crippen LogP contribution in [-0.4, -0.2) is 55.2 Å². The molecule has 0 saturated carbocycles. The number of likely N-dealkylation sites (tertiary alicyclic amines) is 1. The zero-order valence-corrected chi connectivity index (χ0v) is 18.4. The Morgan fingerprint density at radius 1 is 1.19 bits per heavy atom. The van der Waals surface area contributed by atoms with Crippen molar-refractivity contribution in [1.29, 1.82) is 0 Å². The van der Waals surface area contributed by atoms with Crippen LogP contribution in [0.1, 0.15) is 42.1 Å². The number of nitrogens with zero attached hydrogens (tertiary/aromatic N) is 2. The Morgan fingerprint density at radius 2 is 2.00 bits per heavy atom. The minimum atomic E-state index is -0.620. The maximum Gasteiger partial charge on any atom is 0.254 e. The highest BCUT2D eigenvalue weighted by Crippen LogP contribution is 2.33. The lowest BCUT2D eigenvalue weighted by Crippen LogP contribution is -2.37. The van der Waals surface area contributed by atoms with Gasteiger partial charge >= 0.3 is 0 Å². The van der Waals surface area contributed by atoms with Crippen LogP contribution in [0.3, 0.4) is 0 Å². The molecule has 5 nitrogen and oxygen atoms in total. The second-order valence-electron chi connectivity index (χ2n) is 8.52. The van der Waals surface area contributed by atoms with Crippen LogP contribution in [0.25, 0.3) is 6.08 Å². The number of fused-ring (bicyclic) bond motifs is 1. The summed E-state index contributed by atoms with van der Waals surface area (Å²) in [6, 6.07) is 9.14. The van der Waals surface area contributed by atoms with Gasteiger partial charge in [-0.25, -0.2) is 8.78 Å². The molecule has 2 heterocycles. The molecule has 2 aliphatic rings. The maximum atomic E-state index is 14.1. The Kier molecular flexibility index (Phi) is 6.74. The van der Waals surface area contributed by atoms with Gasteiger partial charge in [0.05, 0.1) is 0 Å². The summed E-state index contributed by atoms with van der Waals surface area (Å²) in [4.78, 5) is 17.5. The van der Waals surface area contributed by atoms with E-state index in [1.807, 2.05) is 6.92 Å². The molecule has 0 aromatic heterocycles. The second kappa shape index (κ2) is 9.69. The molecule has 1 unspecified atom stereocenters. The minimum Gasteiger partial charge on any atom is -0.454 e. The summed E-state index contributed by atoms with van der Waals surface area (Å²) < 4.78 is 38.1. The minimum absolute atomic E-state index is 0.115. The van der Waals surface area contributed by atoms with Crippen molar-refractivity contribution in [2.75, 3.05) is 33.5 Å². The fourth-order valence-corrected chi connectivity index (χ4v) is 4.34. The van der Waals surface area contributed by atoms with Gasteiger partial charge in [-0.05, 0) is 70.1 Å². The SMILES string of the molecule is C/C(=C\c1ccc(F)cc1F)CN(CCC1CCCN1C)C(=O)c1ccc2c(c1)OCO2. The first-order valence-corrected chi connectivity index (χ1v) is 10.9. The molecule has 0 spiro atoms. The van der Waals surface area contributed by atoms with E-state index in [-0.39, 0.29) is 12.7 Å². The van der Waals surface area contributed by atoms with Gasteiger partial charge in [0.1, 0.15) is 11.6 Å². The molecule has 7 heteroatoms. The van der Waals surface area contributed by atoms with E-state index in [4.69, 9.17) is 9.47 Å². The average Bonchev–Trinajstić information content (AvgIpc) is 3.40. The van der Waals surface area contributed by atoms with Gasteiger partial charge in [0.2, 0.25) is 6.79 Å². The van der Waals surface area contributed by atoms with Gasteiger partial charge in [0.15, 0.2) is 11.5 Å². The van der Waals surface area contributed by atoms with E-state index in [1.54, 1.807) is 29.2 Å². The molecule has 2 aromatic carbocycles. The van der Waals surface area contributed by atoms with E-state index in [2.05, 4.69) is 11.9 Å². The Morgan fingerprint density at radius 3 is 2.75 bits per heavy atom. The van der Waals surface area contributed by atoms with Gasteiger partial charge in [-0.2, -0.15) is 0 Å². The van der Waals surface area contributed by atoms with Crippen molar-refractivity contribution in [2.24, 2.45) is 0 Å². The van der Waals surface area contributed by atoms with E-state index in [9.17, 15) is 13.6 Å². The Bertz CT molecular complexity index is 1020. The number of benzene rings is 2. The van der Waals surface area contributed by atoms with Crippen molar-refractivity contribution in [1.82, 2.24) is 9.80 Å². The number of hydrogen-bond donors (Lipinski definition) is 0. The van der Waals surface area contributed by atoms with Gasteiger partial charge in [-0.3, -0.25) is 4.79 Å². The highest BCUT2D eigenvalue weighted by molar-refractivity contribution is 5.95. The van der Waals surface area contributed by atoms with Gasteiger partial charge in [0, 0.05) is 36.3 Å². The standard InChI is InChI=1S/C25H28F2N2O3/c1-17(12-18-5-7-20(26)14-22(18)27)15-29(11-9-21-4-3-10-28(21)2)25(30)19-6-8-23-24(13-19)32-16-31-23/h5-8,12-14,21H,3-4,9-11,15-16H2,1-2H3/b17-12+. The highest BCUT2D eigenvalue weighted by Gasteiger charge is 2.25. The summed E-state index contributed by atoms with van der Waals surface area (Å²) in [5.74, 6) is -0.157. The van der Waals surface area contributed by atoms with Gasteiger partial charge in [-0.1, -0.05) is 11.6 Å². The zero-order chi connectivity index (χ0) is 22.7. The first-order valence-electron chi connectivity index (χ1n) is 10.9. The molecule has 1 amide bonds. The summed E-state index contributed by atoms with van der Waals surface area (Å²) in [5.41, 5.74) is 1.63. The summed E-state index contributed by atoms with van der Waals surface area (Å²) in [5, 5.41) is 0. The Balaban J connectivity index is 1.53. The van der Waals surface area contributed by atoms with Gasteiger partial charge in [0.25, 0.3) is 5.91 Å². The molecular weight excluding hydrogens is 414 g/mol. The third-order valence-corrected chi connectivity index (χ3v) is 6.12. The second-order valence-corrected chi connectivity index (χ2v) is 8.52. The first kappa shape index (κ1) is 22.3. The number of amides is 1. The molecular formula is C25H28F2N2O3. The Hall–Kier alpha value is -2.93. The highest BCUT2D eigenvalue weighted by atomic mass is 19.1. The van der Waals surface area contributed by atoms with Crippen LogP contribution in [0.4, 0.5) is 8.78 Å². The van der Waals surface area contributed by atoms with Crippen molar-refractivity contribution >= 4 is 12.0 Å². The van der Waals surface area contributed by atoms with Crippen molar-refractivity contribution in [3.8, 4) is 11.5 Å². The molecule has 1 saturated heterocycles. The monoisotopic (exact) mass is 442 g/mol. The summed E-state index contributed by atoms with van der Waals surface area (Å²) in [6.07, 6.45) is 4.82. The lowest BCUT2D eigenvalue weighted by molar-refractivity contribution is 0.0757. The summed E-state index contributed by atoms with van der Waals surface area (Å²) >= 11 is 0. The van der Waals surface area contributed by atoms with Crippen LogP contribution in [0.15, 0.2) is 42.0 Å². The fraction of sp³-hybridized carbons (Fsp3) is 0.400. The van der Waals surface area contributed by atoms with E-state index in [1.165, 1.54) is 18.6 Å². The van der Waals surface area contributed by atoms with Crippen molar-refractivity contribution in [2.45, 2.75) is 32.2 Å². The van der Waals surface area contributed by atoms with Crippen LogP contribution in [0.5, 0.6) is 11.5 Å². The van der Waals surface area contributed by atoms with Gasteiger partial charge in [-0.15, -0.1) is 0 Å². The molecule has 2 aliphatic heterocycles. The predicted molar refractivity (Wildman–Crippen MR) is 119 cm³/mol. The largest absolute Gasteiger partial charge is 0.454 e. The molecule has 1 atom stereocenters. The number of ether oxygens (including phenoxy) is 2. The zero-order valence-electron chi connectivity index (χ0n) is 18.4. The van der Waals surface area contributed by atoms with E-state index in [0.717, 1.165) is 31.0 Å². The predicted octanol–water partition coefficient (Wildman–Crippen LogP) is 4.72. The molecule has 4 rings (SSSR count). The molecule has 0 aliphatic carbocycles. The molecule has 0 N–H and O–H groups in total. The number of halogens is 2. The van der Waals surface area contributed by atoms with Crippen molar-refractivity contribution < 1.29 is 23.0 Å². The van der Waals surface area contributed by atoms with E-state index >= 15 is 0 Å². The van der Waals surface area contributed by atoms with Crippen LogP contribution in [-0.2, 0) is 0 Å². The fourth-order valence-electron chi connectivity index (χ4n) is 4.34. The maximum absolute atomic E-state index is 14.1. The smallest absolute Gasteiger partial charge is 0.254 e. The van der Waals surface area contributed by atoms with Crippen molar-refractivity contribution in [3.63, 3.8) is 0 Å². The number of rotatable bonds is 7. The van der Waals surface area contributed by atoms with Crippen LogP contribution < -0.4 is 9.47 Å². The molecule has 0 radical (unpaired) electrons. The van der Waals surface area contributed by atoms with E-state index in [0.29, 0.717) is 41.8 Å². The number of hydrogen-bond acceptors (Lipinski definition) is 4. The Labute approximate surface area is 187 Å². The van der Waals surface area contributed by atoms with Crippen LogP contribution in [0, 0.1) is 11.6 Å². The number of carbonyl (C=O) groups excluding carboxylic acids is 1. The topological polar surface area (TPSA) is 42.0 Å². The summed E-state index contributed by atoms with van der Waals surface area (Å²) in [6.45, 7) is 4.00. The molecule has 2 aromatic rings. The lowest BCUT2D eigenvalue weighted by atomic mass is 10.1. The third-order valence-electron chi connectivity index (χ3n) is 6.12. The first-order chi connectivity index (χ1) is 15.4. The molecule has 1 fully saturated rings. The number of carbonyl (C=O) groups is 1. The third kappa shape index (κ3) is 5.10. The van der Waals surface area contributed by atoms with Crippen LogP contribution in [0.2, 0.25) is 0 Å². The average molecular weight is 443 g/mol. The molecule has 170 valence electrons. The summed E-state index contributed by atoms with van der Waals surface area (Å²) in [7, 11) is 2.12. The normalized spacial score (nSPS) is 18.2.